The maximum absolute atomic E-state index is 12.4. The number of halogens is 1. The quantitative estimate of drug-likeness (QED) is 0.469. The van der Waals surface area contributed by atoms with E-state index in [2.05, 4.69) is 25.6 Å². The largest absolute Gasteiger partial charge is 0.368 e. The van der Waals surface area contributed by atoms with Gasteiger partial charge in [-0.3, -0.25) is 25.2 Å². The highest BCUT2D eigenvalue weighted by Gasteiger charge is 2.13. The molecule has 0 unspecified atom stereocenters. The van der Waals surface area contributed by atoms with Gasteiger partial charge in [0.25, 0.3) is 11.6 Å². The van der Waals surface area contributed by atoms with Crippen molar-refractivity contribution in [3.8, 4) is 0 Å². The summed E-state index contributed by atoms with van der Waals surface area (Å²) in [6.07, 6.45) is 0. The number of nitrogens with zero attached hydrogens (tertiary/aromatic N) is 3. The molecule has 0 atom stereocenters. The van der Waals surface area contributed by atoms with Crippen molar-refractivity contribution in [2.24, 2.45) is 4.99 Å². The van der Waals surface area contributed by atoms with Crippen molar-refractivity contribution in [3.05, 3.63) is 63.7 Å². The lowest BCUT2D eigenvalue weighted by Gasteiger charge is -2.05. The van der Waals surface area contributed by atoms with Crippen LogP contribution in [0.2, 0.25) is 0 Å². The first kappa shape index (κ1) is 18.3. The molecule has 1 aromatic heterocycles. The number of benzene rings is 2. The van der Waals surface area contributed by atoms with E-state index < -0.39 is 4.92 Å². The maximum atomic E-state index is 12.4. The van der Waals surface area contributed by atoms with Gasteiger partial charge in [0.05, 0.1) is 22.5 Å². The molecular formula is C17H15ClN6O3. The van der Waals surface area contributed by atoms with Crippen LogP contribution in [0.4, 0.5) is 11.6 Å². The van der Waals surface area contributed by atoms with Gasteiger partial charge in [0, 0.05) is 29.8 Å². The number of hydrogen-bond acceptors (Lipinski definition) is 6. The number of carbonyl (C=O) groups excluding carboxylic acids is 1. The highest BCUT2D eigenvalue weighted by Crippen LogP contribution is 2.20. The molecule has 138 valence electrons. The highest BCUT2D eigenvalue weighted by atomic mass is 35.5. The normalized spacial score (nSPS) is 12.8. The Hall–Kier alpha value is -3.46. The minimum Gasteiger partial charge on any atom is -0.368 e. The van der Waals surface area contributed by atoms with Gasteiger partial charge in [-0.25, -0.2) is 4.98 Å². The number of nitrogens with one attached hydrogen (secondary N) is 3. The van der Waals surface area contributed by atoms with Crippen molar-refractivity contribution in [1.82, 2.24) is 15.3 Å². The van der Waals surface area contributed by atoms with Gasteiger partial charge in [-0.05, 0) is 18.2 Å². The number of imidazole rings is 1. The summed E-state index contributed by atoms with van der Waals surface area (Å²) in [5, 5.41) is 16.7. The van der Waals surface area contributed by atoms with Crippen LogP contribution in [0.25, 0.3) is 11.0 Å². The molecule has 4 rings (SSSR count). The van der Waals surface area contributed by atoms with Crippen molar-refractivity contribution in [2.75, 3.05) is 18.4 Å². The molecule has 0 aliphatic carbocycles. The lowest BCUT2D eigenvalue weighted by molar-refractivity contribution is -0.384. The number of aliphatic imine (C=N–C) groups is 1. The number of nitro groups is 1. The highest BCUT2D eigenvalue weighted by molar-refractivity contribution is 6.05. The Bertz CT molecular complexity index is 1040. The topological polar surface area (TPSA) is 125 Å². The number of amidine groups is 1. The van der Waals surface area contributed by atoms with Gasteiger partial charge in [-0.15, -0.1) is 12.4 Å². The third kappa shape index (κ3) is 3.72. The summed E-state index contributed by atoms with van der Waals surface area (Å²) in [6.45, 7) is 1.57. The second kappa shape index (κ2) is 7.42. The number of hydrogen-bond donors (Lipinski definition) is 3. The summed E-state index contributed by atoms with van der Waals surface area (Å²) in [5.74, 6) is 0.735. The van der Waals surface area contributed by atoms with Crippen molar-refractivity contribution in [2.45, 2.75) is 0 Å². The van der Waals surface area contributed by atoms with Crippen LogP contribution in [-0.2, 0) is 0 Å². The molecule has 10 heteroatoms. The fourth-order valence-corrected chi connectivity index (χ4v) is 2.72. The number of aromatic amines is 1. The Morgan fingerprint density at radius 2 is 1.96 bits per heavy atom. The molecule has 1 amide bonds. The Kier molecular flexibility index (Phi) is 5.04. The zero-order valence-electron chi connectivity index (χ0n) is 13.9. The minimum absolute atomic E-state index is 0. The first-order valence-electron chi connectivity index (χ1n) is 7.94. The van der Waals surface area contributed by atoms with Crippen LogP contribution in [0.15, 0.2) is 47.5 Å². The molecule has 3 N–H and O–H groups in total. The molecular weight excluding hydrogens is 372 g/mol. The van der Waals surface area contributed by atoms with Crippen molar-refractivity contribution >= 4 is 46.8 Å². The average Bonchev–Trinajstić information content (AvgIpc) is 3.30. The molecule has 0 radical (unpaired) electrons. The summed E-state index contributed by atoms with van der Waals surface area (Å²) < 4.78 is 0. The first-order valence-corrected chi connectivity index (χ1v) is 7.94. The van der Waals surface area contributed by atoms with E-state index in [0.717, 1.165) is 24.5 Å². The van der Waals surface area contributed by atoms with Gasteiger partial charge in [0.1, 0.15) is 5.84 Å². The van der Waals surface area contributed by atoms with Gasteiger partial charge in [-0.1, -0.05) is 12.1 Å². The van der Waals surface area contributed by atoms with E-state index in [-0.39, 0.29) is 29.9 Å². The van der Waals surface area contributed by atoms with Gasteiger partial charge in [0.15, 0.2) is 0 Å². The third-order valence-corrected chi connectivity index (χ3v) is 4.00. The van der Waals surface area contributed by atoms with E-state index in [1.54, 1.807) is 12.1 Å². The number of H-pyrrole nitrogens is 1. The van der Waals surface area contributed by atoms with E-state index in [4.69, 9.17) is 0 Å². The fourth-order valence-electron chi connectivity index (χ4n) is 2.72. The molecule has 0 saturated heterocycles. The van der Waals surface area contributed by atoms with E-state index in [1.807, 2.05) is 12.1 Å². The number of fused-ring (bicyclic) bond motifs is 1. The number of anilines is 1. The molecule has 0 saturated carbocycles. The summed E-state index contributed by atoms with van der Waals surface area (Å²) in [5.41, 5.74) is 2.37. The zero-order valence-corrected chi connectivity index (χ0v) is 14.7. The van der Waals surface area contributed by atoms with Gasteiger partial charge >= 0.3 is 0 Å². The van der Waals surface area contributed by atoms with Gasteiger partial charge < -0.3 is 10.3 Å². The van der Waals surface area contributed by atoms with Crippen molar-refractivity contribution in [3.63, 3.8) is 0 Å². The Labute approximate surface area is 159 Å². The molecule has 2 heterocycles. The molecule has 0 fully saturated rings. The number of aromatic nitrogens is 2. The monoisotopic (exact) mass is 386 g/mol. The molecule has 2 aromatic carbocycles. The zero-order chi connectivity index (χ0) is 18.1. The van der Waals surface area contributed by atoms with Crippen LogP contribution >= 0.6 is 12.4 Å². The molecule has 1 aliphatic rings. The standard InChI is InChI=1S/C17H14N6O3.ClH/c24-16(11-3-1-10(2-4-11)15-18-7-8-19-15)22-17-20-13-6-5-12(23(25)26)9-14(13)21-17;/h1-6,9H,7-8H2,(H,18,19)(H2,20,21,22,24);1H. The van der Waals surface area contributed by atoms with E-state index >= 15 is 0 Å². The fraction of sp³-hybridized carbons (Fsp3) is 0.118. The average molecular weight is 387 g/mol. The molecule has 9 nitrogen and oxygen atoms in total. The van der Waals surface area contributed by atoms with E-state index in [0.29, 0.717) is 16.6 Å². The van der Waals surface area contributed by atoms with Crippen LogP contribution in [0, 0.1) is 10.1 Å². The number of nitro benzene ring substituents is 1. The Morgan fingerprint density at radius 3 is 2.63 bits per heavy atom. The first-order chi connectivity index (χ1) is 12.6. The SMILES string of the molecule is Cl.O=C(Nc1nc2ccc([N+](=O)[O-])cc2[nH]1)c1ccc(C2=NCCN2)cc1. The molecule has 27 heavy (non-hydrogen) atoms. The second-order valence-electron chi connectivity index (χ2n) is 5.73. The maximum Gasteiger partial charge on any atom is 0.271 e. The van der Waals surface area contributed by atoms with Crippen LogP contribution in [-0.4, -0.2) is 39.7 Å². The van der Waals surface area contributed by atoms with Crippen molar-refractivity contribution < 1.29 is 9.72 Å². The van der Waals surface area contributed by atoms with Crippen molar-refractivity contribution in [1.29, 1.82) is 0 Å². The summed E-state index contributed by atoms with van der Waals surface area (Å²) >= 11 is 0. The minimum atomic E-state index is -0.483. The van der Waals surface area contributed by atoms with E-state index in [9.17, 15) is 14.9 Å². The summed E-state index contributed by atoms with van der Waals surface area (Å²) in [4.78, 5) is 34.1. The smallest absolute Gasteiger partial charge is 0.271 e. The van der Waals surface area contributed by atoms with Crippen LogP contribution in [0.1, 0.15) is 15.9 Å². The molecule has 0 bridgehead atoms. The number of rotatable bonds is 4. The van der Waals surface area contributed by atoms with E-state index in [1.165, 1.54) is 18.2 Å². The van der Waals surface area contributed by atoms with Crippen LogP contribution in [0.3, 0.4) is 0 Å². The summed E-state index contributed by atoms with van der Waals surface area (Å²) in [7, 11) is 0. The lowest BCUT2D eigenvalue weighted by Crippen LogP contribution is -2.19. The lowest BCUT2D eigenvalue weighted by atomic mass is 10.1. The Morgan fingerprint density at radius 1 is 1.19 bits per heavy atom. The molecule has 0 spiro atoms. The predicted molar refractivity (Wildman–Crippen MR) is 104 cm³/mol. The number of carbonyl (C=O) groups is 1. The molecule has 3 aromatic rings. The number of non-ortho nitro benzene ring substituents is 1. The van der Waals surface area contributed by atoms with Crippen LogP contribution < -0.4 is 10.6 Å². The number of amides is 1. The molecule has 1 aliphatic heterocycles. The van der Waals surface area contributed by atoms with Gasteiger partial charge in [0.2, 0.25) is 5.95 Å². The van der Waals surface area contributed by atoms with Gasteiger partial charge in [-0.2, -0.15) is 0 Å². The third-order valence-electron chi connectivity index (χ3n) is 4.00. The summed E-state index contributed by atoms with van der Waals surface area (Å²) in [6, 6.07) is 11.3. The predicted octanol–water partition coefficient (Wildman–Crippen LogP) is 2.50. The second-order valence-corrected chi connectivity index (χ2v) is 5.73. The van der Waals surface area contributed by atoms with Crippen LogP contribution in [0.5, 0.6) is 0 Å². The Balaban J connectivity index is 0.00000210.